The molecule has 0 bridgehead atoms. The summed E-state index contributed by atoms with van der Waals surface area (Å²) in [6.45, 7) is 15.7. The first kappa shape index (κ1) is 18.2. The van der Waals surface area contributed by atoms with E-state index in [4.69, 9.17) is 13.9 Å². The highest BCUT2D eigenvalue weighted by Crippen LogP contribution is 2.38. The lowest BCUT2D eigenvalue weighted by molar-refractivity contribution is -0.148. The molecule has 0 radical (unpaired) electrons. The minimum atomic E-state index is -1.76. The van der Waals surface area contributed by atoms with Crippen molar-refractivity contribution in [3.8, 4) is 10.8 Å². The van der Waals surface area contributed by atoms with Gasteiger partial charge in [-0.3, -0.25) is 0 Å². The number of ether oxygens (including phenoxy) is 2. The van der Waals surface area contributed by atoms with Crippen molar-refractivity contribution in [2.75, 3.05) is 6.61 Å². The third-order valence-electron chi connectivity index (χ3n) is 4.07. The van der Waals surface area contributed by atoms with E-state index >= 15 is 0 Å². The predicted molar refractivity (Wildman–Crippen MR) is 88.3 cm³/mol. The first-order valence-corrected chi connectivity index (χ1v) is 10.8. The molecule has 0 aromatic heterocycles. The third kappa shape index (κ3) is 4.85. The normalized spacial score (nSPS) is 26.2. The summed E-state index contributed by atoms with van der Waals surface area (Å²) in [7, 11) is -1.76. The molecule has 116 valence electrons. The van der Waals surface area contributed by atoms with Gasteiger partial charge in [0.1, 0.15) is 12.2 Å². The maximum atomic E-state index is 6.26. The summed E-state index contributed by atoms with van der Waals surface area (Å²) in [5.74, 6) is 2.45. The Morgan fingerprint density at radius 3 is 2.25 bits per heavy atom. The maximum absolute atomic E-state index is 6.26. The molecule has 0 aromatic carbocycles. The second-order valence-corrected chi connectivity index (χ2v) is 12.5. The molecule has 0 amide bonds. The van der Waals surface area contributed by atoms with Gasteiger partial charge in [0.05, 0.1) is 6.61 Å². The smallest absolute Gasteiger partial charge is 0.192 e. The van der Waals surface area contributed by atoms with Gasteiger partial charge in [-0.25, -0.2) is 0 Å². The fourth-order valence-corrected chi connectivity index (χ4v) is 3.05. The molecule has 0 spiro atoms. The number of rotatable bonds is 4. The first-order valence-electron chi connectivity index (χ1n) is 7.06. The van der Waals surface area contributed by atoms with Gasteiger partial charge in [0.25, 0.3) is 0 Å². The molecule has 0 unspecified atom stereocenters. The van der Waals surface area contributed by atoms with Gasteiger partial charge in [-0.15, -0.1) is 0 Å². The van der Waals surface area contributed by atoms with Crippen LogP contribution < -0.4 is 0 Å². The van der Waals surface area contributed by atoms with E-state index in [2.05, 4.69) is 60.5 Å². The molecule has 0 aliphatic carbocycles. The molecule has 1 aliphatic heterocycles. The van der Waals surface area contributed by atoms with Crippen molar-refractivity contribution < 1.29 is 13.9 Å². The Kier molecular flexibility index (Phi) is 5.90. The quantitative estimate of drug-likeness (QED) is 0.551. The van der Waals surface area contributed by atoms with Gasteiger partial charge in [-0.2, -0.15) is 0 Å². The van der Waals surface area contributed by atoms with Crippen LogP contribution in [-0.4, -0.2) is 32.9 Å². The minimum Gasteiger partial charge on any atom is -0.414 e. The number of halogens is 1. The standard InChI is InChI=1S/C15H27BrO3Si/c1-14(2,3)20(6,7)17-11-13-12(9-8-10-16)18-15(4,5)19-13/h12-13H,9,11H2,1-7H3/t12-,13+/m0/s1. The van der Waals surface area contributed by atoms with E-state index in [0.717, 1.165) is 0 Å². The van der Waals surface area contributed by atoms with Crippen molar-refractivity contribution in [1.29, 1.82) is 0 Å². The molecule has 1 fully saturated rings. The Morgan fingerprint density at radius 2 is 1.75 bits per heavy atom. The second kappa shape index (κ2) is 6.49. The van der Waals surface area contributed by atoms with Crippen molar-refractivity contribution in [2.45, 2.75) is 77.2 Å². The van der Waals surface area contributed by atoms with Gasteiger partial charge < -0.3 is 13.9 Å². The van der Waals surface area contributed by atoms with E-state index in [-0.39, 0.29) is 17.2 Å². The van der Waals surface area contributed by atoms with Crippen molar-refractivity contribution in [3.63, 3.8) is 0 Å². The lowest BCUT2D eigenvalue weighted by Gasteiger charge is -2.37. The highest BCUT2D eigenvalue weighted by atomic mass is 79.9. The minimum absolute atomic E-state index is 0.0279. The Labute approximate surface area is 133 Å². The van der Waals surface area contributed by atoms with E-state index < -0.39 is 14.1 Å². The lowest BCUT2D eigenvalue weighted by atomic mass is 10.1. The van der Waals surface area contributed by atoms with Crippen LogP contribution in [0.15, 0.2) is 0 Å². The zero-order valence-electron chi connectivity index (χ0n) is 13.7. The van der Waals surface area contributed by atoms with E-state index in [1.54, 1.807) is 0 Å². The monoisotopic (exact) mass is 362 g/mol. The van der Waals surface area contributed by atoms with Crippen LogP contribution in [0.25, 0.3) is 0 Å². The van der Waals surface area contributed by atoms with Crippen LogP contribution in [-0.2, 0) is 13.9 Å². The Balaban J connectivity index is 2.66. The van der Waals surface area contributed by atoms with Gasteiger partial charge in [0.2, 0.25) is 0 Å². The van der Waals surface area contributed by atoms with Gasteiger partial charge in [0, 0.05) is 22.4 Å². The van der Waals surface area contributed by atoms with Crippen molar-refractivity contribution >= 4 is 24.2 Å². The van der Waals surface area contributed by atoms with Crippen LogP contribution in [0.4, 0.5) is 0 Å². The van der Waals surface area contributed by atoms with Crippen LogP contribution in [0, 0.1) is 10.8 Å². The number of hydrogen-bond acceptors (Lipinski definition) is 3. The molecule has 2 atom stereocenters. The van der Waals surface area contributed by atoms with E-state index in [1.807, 2.05) is 13.8 Å². The zero-order valence-corrected chi connectivity index (χ0v) is 16.3. The van der Waals surface area contributed by atoms with Crippen LogP contribution in [0.1, 0.15) is 41.0 Å². The molecule has 1 heterocycles. The SMILES string of the molecule is CC1(C)O[C@@H](CC#CBr)[C@@H](CO[Si](C)(C)C(C)(C)C)O1. The van der Waals surface area contributed by atoms with Crippen LogP contribution >= 0.6 is 15.9 Å². The summed E-state index contributed by atoms with van der Waals surface area (Å²) in [5, 5.41) is 0.202. The summed E-state index contributed by atoms with van der Waals surface area (Å²) in [4.78, 5) is 2.73. The molecule has 3 nitrogen and oxygen atoms in total. The van der Waals surface area contributed by atoms with E-state index in [0.29, 0.717) is 13.0 Å². The van der Waals surface area contributed by atoms with Crippen LogP contribution in [0.5, 0.6) is 0 Å². The summed E-state index contributed by atoms with van der Waals surface area (Å²) >= 11 is 3.12. The highest BCUT2D eigenvalue weighted by molar-refractivity contribution is 9.12. The molecule has 1 saturated heterocycles. The van der Waals surface area contributed by atoms with Crippen molar-refractivity contribution in [3.05, 3.63) is 0 Å². The summed E-state index contributed by atoms with van der Waals surface area (Å²) in [6.07, 6.45) is 0.576. The molecular formula is C15H27BrO3Si. The topological polar surface area (TPSA) is 27.7 Å². The average Bonchev–Trinajstić information content (AvgIpc) is 2.57. The van der Waals surface area contributed by atoms with Crippen LogP contribution in [0.3, 0.4) is 0 Å². The molecular weight excluding hydrogens is 336 g/mol. The maximum Gasteiger partial charge on any atom is 0.192 e. The van der Waals surface area contributed by atoms with Gasteiger partial charge in [-0.05, 0) is 36.8 Å². The fourth-order valence-electron chi connectivity index (χ4n) is 1.87. The molecule has 0 saturated carbocycles. The van der Waals surface area contributed by atoms with Gasteiger partial charge >= 0.3 is 0 Å². The Morgan fingerprint density at radius 1 is 1.20 bits per heavy atom. The van der Waals surface area contributed by atoms with Gasteiger partial charge in [0.15, 0.2) is 14.1 Å². The lowest BCUT2D eigenvalue weighted by Crippen LogP contribution is -2.44. The zero-order chi connectivity index (χ0) is 15.6. The summed E-state index contributed by atoms with van der Waals surface area (Å²) in [5.41, 5.74) is 0. The Hall–Kier alpha value is 0.137. The summed E-state index contributed by atoms with van der Waals surface area (Å²) < 4.78 is 18.1. The third-order valence-corrected chi connectivity index (χ3v) is 8.85. The second-order valence-electron chi connectivity index (χ2n) is 7.26. The first-order chi connectivity index (χ1) is 8.98. The van der Waals surface area contributed by atoms with Crippen molar-refractivity contribution in [1.82, 2.24) is 0 Å². The van der Waals surface area contributed by atoms with Gasteiger partial charge in [-0.1, -0.05) is 26.7 Å². The molecule has 0 N–H and O–H groups in total. The Bertz CT molecular complexity index is 390. The highest BCUT2D eigenvalue weighted by Gasteiger charge is 2.43. The molecule has 0 aromatic rings. The van der Waals surface area contributed by atoms with E-state index in [9.17, 15) is 0 Å². The van der Waals surface area contributed by atoms with Crippen molar-refractivity contribution in [2.24, 2.45) is 0 Å². The van der Waals surface area contributed by atoms with Crippen LogP contribution in [0.2, 0.25) is 18.1 Å². The molecule has 1 rings (SSSR count). The average molecular weight is 363 g/mol. The molecule has 5 heteroatoms. The largest absolute Gasteiger partial charge is 0.414 e. The fraction of sp³-hybridized carbons (Fsp3) is 0.867. The van der Waals surface area contributed by atoms with E-state index in [1.165, 1.54) is 0 Å². The summed E-state index contributed by atoms with van der Waals surface area (Å²) in [6, 6.07) is 0. The molecule has 20 heavy (non-hydrogen) atoms. The molecule has 1 aliphatic rings. The number of hydrogen-bond donors (Lipinski definition) is 0. The predicted octanol–water partition coefficient (Wildman–Crippen LogP) is 4.27.